The van der Waals surface area contributed by atoms with E-state index >= 15 is 0 Å². The van der Waals surface area contributed by atoms with Gasteiger partial charge in [0, 0.05) is 31.9 Å². The smallest absolute Gasteiger partial charge is 0.244 e. The van der Waals surface area contributed by atoms with Crippen molar-refractivity contribution in [3.8, 4) is 0 Å². The van der Waals surface area contributed by atoms with Gasteiger partial charge in [-0.3, -0.25) is 4.79 Å². The number of carbonyl (C=O) groups is 1. The van der Waals surface area contributed by atoms with E-state index in [4.69, 9.17) is 23.2 Å². The maximum absolute atomic E-state index is 12.3. The topological polar surface area (TPSA) is 50.2 Å². The third-order valence-electron chi connectivity index (χ3n) is 4.07. The van der Waals surface area contributed by atoms with Gasteiger partial charge in [0.2, 0.25) is 5.91 Å². The van der Waals surface area contributed by atoms with Crippen LogP contribution in [0.3, 0.4) is 0 Å². The van der Waals surface area contributed by atoms with Crippen molar-refractivity contribution in [1.29, 1.82) is 0 Å². The number of nitrogens with one attached hydrogen (secondary N) is 1. The fourth-order valence-corrected chi connectivity index (χ4v) is 3.25. The van der Waals surface area contributed by atoms with E-state index in [0.717, 1.165) is 10.9 Å². The van der Waals surface area contributed by atoms with Crippen LogP contribution in [0.15, 0.2) is 42.7 Å². The SMILES string of the molecule is CC(C(=O)N(C)C)n1ccc2c(Nc3c(Cl)cccc3Cl)nccc21. The Balaban J connectivity index is 2.03. The maximum Gasteiger partial charge on any atom is 0.244 e. The molecular weight excluding hydrogens is 359 g/mol. The maximum atomic E-state index is 12.3. The molecule has 0 aliphatic rings. The summed E-state index contributed by atoms with van der Waals surface area (Å²) in [4.78, 5) is 18.3. The van der Waals surface area contributed by atoms with E-state index in [-0.39, 0.29) is 11.9 Å². The fourth-order valence-electron chi connectivity index (χ4n) is 2.75. The molecule has 2 aromatic heterocycles. The molecule has 0 saturated carbocycles. The Hall–Kier alpha value is -2.24. The quantitative estimate of drug-likeness (QED) is 0.715. The molecule has 3 rings (SSSR count). The fraction of sp³-hybridized carbons (Fsp3) is 0.222. The second kappa shape index (κ2) is 6.94. The number of hydrogen-bond acceptors (Lipinski definition) is 3. The van der Waals surface area contributed by atoms with E-state index in [9.17, 15) is 4.79 Å². The van der Waals surface area contributed by atoms with Crippen LogP contribution in [-0.2, 0) is 4.79 Å². The Morgan fingerprint density at radius 1 is 1.20 bits per heavy atom. The number of amides is 1. The van der Waals surface area contributed by atoms with Crippen LogP contribution in [0.25, 0.3) is 10.9 Å². The molecule has 0 spiro atoms. The summed E-state index contributed by atoms with van der Waals surface area (Å²) in [5, 5.41) is 5.12. The van der Waals surface area contributed by atoms with Crippen molar-refractivity contribution in [3.63, 3.8) is 0 Å². The summed E-state index contributed by atoms with van der Waals surface area (Å²) in [6, 6.07) is 8.81. The third-order valence-corrected chi connectivity index (χ3v) is 4.70. The lowest BCUT2D eigenvalue weighted by molar-refractivity contribution is -0.131. The molecule has 0 aliphatic heterocycles. The molecule has 0 bridgehead atoms. The predicted octanol–water partition coefficient (Wildman–Crippen LogP) is 4.74. The Morgan fingerprint density at radius 3 is 2.52 bits per heavy atom. The number of anilines is 2. The molecule has 0 aliphatic carbocycles. The number of para-hydroxylation sites is 1. The molecule has 1 atom stereocenters. The summed E-state index contributed by atoms with van der Waals surface area (Å²) in [7, 11) is 3.50. The Bertz CT molecular complexity index is 916. The van der Waals surface area contributed by atoms with Gasteiger partial charge in [-0.25, -0.2) is 4.98 Å². The van der Waals surface area contributed by atoms with Crippen LogP contribution in [0.1, 0.15) is 13.0 Å². The molecule has 1 N–H and O–H groups in total. The molecule has 1 amide bonds. The first-order valence-electron chi connectivity index (χ1n) is 7.78. The number of pyridine rings is 1. The van der Waals surface area contributed by atoms with Crippen LogP contribution < -0.4 is 5.32 Å². The molecule has 1 unspecified atom stereocenters. The summed E-state index contributed by atoms with van der Waals surface area (Å²) < 4.78 is 1.93. The molecular formula is C18H18Cl2N4O. The second-order valence-electron chi connectivity index (χ2n) is 5.95. The van der Waals surface area contributed by atoms with Gasteiger partial charge in [0.1, 0.15) is 11.9 Å². The highest BCUT2D eigenvalue weighted by atomic mass is 35.5. The van der Waals surface area contributed by atoms with Crippen molar-refractivity contribution in [2.75, 3.05) is 19.4 Å². The number of likely N-dealkylation sites (N-methyl/N-ethyl adjacent to an activating group) is 1. The van der Waals surface area contributed by atoms with E-state index < -0.39 is 0 Å². The standard InChI is InChI=1S/C18H18Cl2N4O/c1-11(18(25)23(2)3)24-10-8-12-15(24)7-9-21-17(12)22-16-13(19)5-4-6-14(16)20/h4-11H,1-3H3,(H,21,22). The first-order chi connectivity index (χ1) is 11.9. The zero-order valence-corrected chi connectivity index (χ0v) is 15.6. The van der Waals surface area contributed by atoms with Crippen LogP contribution in [0.5, 0.6) is 0 Å². The van der Waals surface area contributed by atoms with Gasteiger partial charge in [-0.1, -0.05) is 29.3 Å². The molecule has 0 radical (unpaired) electrons. The molecule has 3 aromatic rings. The van der Waals surface area contributed by atoms with Gasteiger partial charge in [-0.05, 0) is 31.2 Å². The van der Waals surface area contributed by atoms with Gasteiger partial charge in [0.25, 0.3) is 0 Å². The zero-order chi connectivity index (χ0) is 18.1. The van der Waals surface area contributed by atoms with Crippen LogP contribution in [0, 0.1) is 0 Å². The average Bonchev–Trinajstić information content (AvgIpc) is 3.01. The highest BCUT2D eigenvalue weighted by Crippen LogP contribution is 2.34. The van der Waals surface area contributed by atoms with E-state index in [1.54, 1.807) is 43.4 Å². The van der Waals surface area contributed by atoms with Gasteiger partial charge < -0.3 is 14.8 Å². The minimum absolute atomic E-state index is 0.0259. The van der Waals surface area contributed by atoms with Crippen LogP contribution in [0.4, 0.5) is 11.5 Å². The van der Waals surface area contributed by atoms with Gasteiger partial charge in [-0.15, -0.1) is 0 Å². The number of fused-ring (bicyclic) bond motifs is 1. The Morgan fingerprint density at radius 2 is 1.88 bits per heavy atom. The van der Waals surface area contributed by atoms with E-state index in [1.807, 2.05) is 29.8 Å². The molecule has 2 heterocycles. The molecule has 25 heavy (non-hydrogen) atoms. The lowest BCUT2D eigenvalue weighted by atomic mass is 10.2. The van der Waals surface area contributed by atoms with E-state index in [0.29, 0.717) is 21.6 Å². The third kappa shape index (κ3) is 3.30. The van der Waals surface area contributed by atoms with E-state index in [2.05, 4.69) is 10.3 Å². The van der Waals surface area contributed by atoms with Crippen molar-refractivity contribution < 1.29 is 4.79 Å². The van der Waals surface area contributed by atoms with Gasteiger partial charge in [0.15, 0.2) is 0 Å². The number of benzene rings is 1. The van der Waals surface area contributed by atoms with Crippen molar-refractivity contribution >= 4 is 51.5 Å². The number of aromatic nitrogens is 2. The summed E-state index contributed by atoms with van der Waals surface area (Å²) in [6.45, 7) is 1.88. The number of carbonyl (C=O) groups excluding carboxylic acids is 1. The highest BCUT2D eigenvalue weighted by molar-refractivity contribution is 6.39. The normalized spacial score (nSPS) is 12.2. The number of halogens is 2. The van der Waals surface area contributed by atoms with Crippen molar-refractivity contribution in [2.45, 2.75) is 13.0 Å². The van der Waals surface area contributed by atoms with Gasteiger partial charge >= 0.3 is 0 Å². The van der Waals surface area contributed by atoms with Crippen LogP contribution in [-0.4, -0.2) is 34.5 Å². The van der Waals surface area contributed by atoms with Crippen molar-refractivity contribution in [1.82, 2.24) is 14.5 Å². The summed E-state index contributed by atoms with van der Waals surface area (Å²) in [6.07, 6.45) is 3.58. The van der Waals surface area contributed by atoms with Gasteiger partial charge in [-0.2, -0.15) is 0 Å². The average molecular weight is 377 g/mol. The molecule has 0 fully saturated rings. The first kappa shape index (κ1) is 17.6. The zero-order valence-electron chi connectivity index (χ0n) is 14.1. The first-order valence-corrected chi connectivity index (χ1v) is 8.53. The minimum Gasteiger partial charge on any atom is -0.347 e. The van der Waals surface area contributed by atoms with Crippen molar-refractivity contribution in [2.24, 2.45) is 0 Å². The monoisotopic (exact) mass is 376 g/mol. The highest BCUT2D eigenvalue weighted by Gasteiger charge is 2.19. The van der Waals surface area contributed by atoms with Gasteiger partial charge in [0.05, 0.1) is 21.2 Å². The minimum atomic E-state index is -0.313. The lowest BCUT2D eigenvalue weighted by Gasteiger charge is -2.19. The molecule has 0 saturated heterocycles. The Kier molecular flexibility index (Phi) is 4.88. The van der Waals surface area contributed by atoms with Crippen molar-refractivity contribution in [3.05, 3.63) is 52.8 Å². The summed E-state index contributed by atoms with van der Waals surface area (Å²) >= 11 is 12.5. The molecule has 5 nitrogen and oxygen atoms in total. The second-order valence-corrected chi connectivity index (χ2v) is 6.76. The molecule has 1 aromatic carbocycles. The number of rotatable bonds is 4. The summed E-state index contributed by atoms with van der Waals surface area (Å²) in [5.41, 5.74) is 1.51. The summed E-state index contributed by atoms with van der Waals surface area (Å²) in [5.74, 6) is 0.661. The Labute approximate surface area is 156 Å². The predicted molar refractivity (Wildman–Crippen MR) is 103 cm³/mol. The largest absolute Gasteiger partial charge is 0.347 e. The van der Waals surface area contributed by atoms with E-state index in [1.165, 1.54) is 0 Å². The molecule has 7 heteroatoms. The molecule has 130 valence electrons. The number of nitrogens with zero attached hydrogens (tertiary/aromatic N) is 3. The van der Waals surface area contributed by atoms with Crippen LogP contribution in [0.2, 0.25) is 10.0 Å². The van der Waals surface area contributed by atoms with Crippen LogP contribution >= 0.6 is 23.2 Å². The number of hydrogen-bond donors (Lipinski definition) is 1. The lowest BCUT2D eigenvalue weighted by Crippen LogP contribution is -2.29.